The van der Waals surface area contributed by atoms with Gasteiger partial charge in [0.15, 0.2) is 0 Å². The third kappa shape index (κ3) is 4.58. The molecule has 0 radical (unpaired) electrons. The first-order valence-corrected chi connectivity index (χ1v) is 11.0. The van der Waals surface area contributed by atoms with Gasteiger partial charge in [-0.2, -0.15) is 4.31 Å². The van der Waals surface area contributed by atoms with Crippen molar-refractivity contribution in [1.29, 1.82) is 0 Å². The molecule has 2 aromatic carbocycles. The molecule has 8 heteroatoms. The van der Waals surface area contributed by atoms with Crippen LogP contribution in [-0.2, 0) is 14.8 Å². The van der Waals surface area contributed by atoms with Gasteiger partial charge in [-0.25, -0.2) is 8.42 Å². The molecule has 0 aliphatic carbocycles. The van der Waals surface area contributed by atoms with Crippen LogP contribution in [-0.4, -0.2) is 49.7 Å². The van der Waals surface area contributed by atoms with Crippen LogP contribution in [0.1, 0.15) is 11.1 Å². The summed E-state index contributed by atoms with van der Waals surface area (Å²) in [7, 11) is -3.82. The van der Waals surface area contributed by atoms with Crippen LogP contribution in [0.2, 0.25) is 10.0 Å². The number of hydrogen-bond donors (Lipinski definition) is 0. The zero-order chi connectivity index (χ0) is 20.3. The summed E-state index contributed by atoms with van der Waals surface area (Å²) in [5, 5.41) is 0.180. The number of sulfonamides is 1. The molecular weight excluding hydrogens is 419 g/mol. The van der Waals surface area contributed by atoms with Crippen LogP contribution in [0.4, 0.5) is 0 Å². The molecule has 28 heavy (non-hydrogen) atoms. The summed E-state index contributed by atoms with van der Waals surface area (Å²) in [5.41, 5.74) is 2.06. The fourth-order valence-corrected chi connectivity index (χ4v) is 5.57. The Bertz CT molecular complexity index is 994. The third-order valence-corrected chi connectivity index (χ3v) is 7.38. The highest BCUT2D eigenvalue weighted by Gasteiger charge is 2.32. The lowest BCUT2D eigenvalue weighted by Gasteiger charge is -2.33. The Morgan fingerprint density at radius 2 is 1.61 bits per heavy atom. The van der Waals surface area contributed by atoms with Crippen LogP contribution in [0.15, 0.2) is 53.4 Å². The van der Waals surface area contributed by atoms with Gasteiger partial charge < -0.3 is 4.90 Å². The van der Waals surface area contributed by atoms with E-state index in [0.717, 1.165) is 11.1 Å². The molecule has 1 heterocycles. The summed E-state index contributed by atoms with van der Waals surface area (Å²) in [4.78, 5) is 14.0. The zero-order valence-electron chi connectivity index (χ0n) is 15.3. The SMILES string of the molecule is Cc1cccc(/C=C/C(=O)N2CCN(S(=O)(=O)c3c(Cl)cccc3Cl)CC2)c1. The molecule has 0 spiro atoms. The van der Waals surface area contributed by atoms with Crippen molar-refractivity contribution in [3.63, 3.8) is 0 Å². The first-order valence-electron chi connectivity index (χ1n) is 8.77. The number of carbonyl (C=O) groups excluding carboxylic acids is 1. The third-order valence-electron chi connectivity index (χ3n) is 4.53. The molecule has 5 nitrogen and oxygen atoms in total. The highest BCUT2D eigenvalue weighted by molar-refractivity contribution is 7.89. The highest BCUT2D eigenvalue weighted by Crippen LogP contribution is 2.31. The first-order chi connectivity index (χ1) is 13.3. The van der Waals surface area contributed by atoms with E-state index in [1.807, 2.05) is 31.2 Å². The molecule has 3 rings (SSSR count). The summed E-state index contributed by atoms with van der Waals surface area (Å²) in [5.74, 6) is -0.144. The Labute approximate surface area is 175 Å². The second-order valence-electron chi connectivity index (χ2n) is 6.53. The summed E-state index contributed by atoms with van der Waals surface area (Å²) in [6.07, 6.45) is 3.28. The van der Waals surface area contributed by atoms with E-state index in [9.17, 15) is 13.2 Å². The number of piperazine rings is 1. The molecule has 0 atom stereocenters. The van der Waals surface area contributed by atoms with Crippen molar-refractivity contribution in [3.8, 4) is 0 Å². The van der Waals surface area contributed by atoms with E-state index < -0.39 is 10.0 Å². The van der Waals surface area contributed by atoms with Crippen molar-refractivity contribution >= 4 is 45.2 Å². The Morgan fingerprint density at radius 1 is 1.00 bits per heavy atom. The number of halogens is 2. The van der Waals surface area contributed by atoms with Crippen LogP contribution in [0, 0.1) is 6.92 Å². The first kappa shape index (κ1) is 20.9. The maximum absolute atomic E-state index is 12.9. The minimum absolute atomic E-state index is 0.0857. The van der Waals surface area contributed by atoms with Crippen molar-refractivity contribution in [3.05, 3.63) is 69.7 Å². The molecule has 0 N–H and O–H groups in total. The van der Waals surface area contributed by atoms with E-state index in [2.05, 4.69) is 0 Å². The van der Waals surface area contributed by atoms with Gasteiger partial charge in [-0.05, 0) is 30.7 Å². The monoisotopic (exact) mass is 438 g/mol. The second kappa shape index (κ2) is 8.66. The molecule has 1 amide bonds. The summed E-state index contributed by atoms with van der Waals surface area (Å²) < 4.78 is 27.1. The predicted octanol–water partition coefficient (Wildman–Crippen LogP) is 3.85. The van der Waals surface area contributed by atoms with Crippen LogP contribution < -0.4 is 0 Å². The van der Waals surface area contributed by atoms with Crippen LogP contribution in [0.25, 0.3) is 6.08 Å². The van der Waals surface area contributed by atoms with E-state index in [4.69, 9.17) is 23.2 Å². The van der Waals surface area contributed by atoms with E-state index >= 15 is 0 Å². The average Bonchev–Trinajstić information content (AvgIpc) is 2.66. The van der Waals surface area contributed by atoms with Crippen molar-refractivity contribution in [2.45, 2.75) is 11.8 Å². The molecule has 0 saturated carbocycles. The normalized spacial score (nSPS) is 15.9. The number of nitrogens with zero attached hydrogens (tertiary/aromatic N) is 2. The summed E-state index contributed by atoms with van der Waals surface area (Å²) in [6, 6.07) is 12.4. The number of benzene rings is 2. The van der Waals surface area contributed by atoms with E-state index in [1.165, 1.54) is 22.5 Å². The van der Waals surface area contributed by atoms with E-state index in [0.29, 0.717) is 13.1 Å². The molecule has 148 valence electrons. The van der Waals surface area contributed by atoms with Gasteiger partial charge in [-0.15, -0.1) is 0 Å². The highest BCUT2D eigenvalue weighted by atomic mass is 35.5. The maximum Gasteiger partial charge on any atom is 0.246 e. The van der Waals surface area contributed by atoms with E-state index in [1.54, 1.807) is 17.0 Å². The molecule has 1 fully saturated rings. The molecule has 1 aliphatic rings. The van der Waals surface area contributed by atoms with Crippen molar-refractivity contribution in [1.82, 2.24) is 9.21 Å². The Balaban J connectivity index is 1.66. The molecule has 1 aliphatic heterocycles. The Morgan fingerprint density at radius 3 is 2.21 bits per heavy atom. The van der Waals surface area contributed by atoms with Crippen molar-refractivity contribution in [2.75, 3.05) is 26.2 Å². The predicted molar refractivity (Wildman–Crippen MR) is 112 cm³/mol. The zero-order valence-corrected chi connectivity index (χ0v) is 17.6. The minimum Gasteiger partial charge on any atom is -0.337 e. The number of amides is 1. The maximum atomic E-state index is 12.9. The summed E-state index contributed by atoms with van der Waals surface area (Å²) >= 11 is 12.1. The van der Waals surface area contributed by atoms with Crippen LogP contribution in [0.5, 0.6) is 0 Å². The molecule has 0 unspecified atom stereocenters. The number of carbonyl (C=O) groups is 1. The standard InChI is InChI=1S/C20H20Cl2N2O3S/c1-15-4-2-5-16(14-15)8-9-19(25)23-10-12-24(13-11-23)28(26,27)20-17(21)6-3-7-18(20)22/h2-9,14H,10-13H2,1H3/b9-8+. The van der Waals surface area contributed by atoms with Gasteiger partial charge in [-0.3, -0.25) is 4.79 Å². The van der Waals surface area contributed by atoms with Gasteiger partial charge in [-0.1, -0.05) is 59.1 Å². The largest absolute Gasteiger partial charge is 0.337 e. The number of rotatable bonds is 4. The van der Waals surface area contributed by atoms with Gasteiger partial charge in [0.25, 0.3) is 0 Å². The van der Waals surface area contributed by atoms with Gasteiger partial charge in [0.2, 0.25) is 15.9 Å². The number of hydrogen-bond acceptors (Lipinski definition) is 3. The fourth-order valence-electron chi connectivity index (χ4n) is 3.05. The van der Waals surface area contributed by atoms with Gasteiger partial charge in [0.05, 0.1) is 10.0 Å². The molecule has 0 bridgehead atoms. The average molecular weight is 439 g/mol. The van der Waals surface area contributed by atoms with Crippen LogP contribution >= 0.6 is 23.2 Å². The fraction of sp³-hybridized carbons (Fsp3) is 0.250. The van der Waals surface area contributed by atoms with Gasteiger partial charge in [0.1, 0.15) is 4.90 Å². The van der Waals surface area contributed by atoms with Gasteiger partial charge in [0, 0.05) is 32.3 Å². The topological polar surface area (TPSA) is 57.7 Å². The number of aryl methyl sites for hydroxylation is 1. The Kier molecular flexibility index (Phi) is 6.45. The lowest BCUT2D eigenvalue weighted by Crippen LogP contribution is -2.50. The molecule has 0 aromatic heterocycles. The summed E-state index contributed by atoms with van der Waals surface area (Å²) in [6.45, 7) is 2.97. The van der Waals surface area contributed by atoms with Crippen molar-refractivity contribution < 1.29 is 13.2 Å². The second-order valence-corrected chi connectivity index (χ2v) is 9.22. The van der Waals surface area contributed by atoms with Gasteiger partial charge >= 0.3 is 0 Å². The lowest BCUT2D eigenvalue weighted by atomic mass is 10.1. The lowest BCUT2D eigenvalue weighted by molar-refractivity contribution is -0.127. The van der Waals surface area contributed by atoms with Crippen LogP contribution in [0.3, 0.4) is 0 Å². The quantitative estimate of drug-likeness (QED) is 0.681. The molecule has 2 aromatic rings. The van der Waals surface area contributed by atoms with Crippen molar-refractivity contribution in [2.24, 2.45) is 0 Å². The van der Waals surface area contributed by atoms with E-state index in [-0.39, 0.29) is 33.9 Å². The molecule has 1 saturated heterocycles. The minimum atomic E-state index is -3.82. The smallest absolute Gasteiger partial charge is 0.246 e. The Hall–Kier alpha value is -1.86. The molecular formula is C20H20Cl2N2O3S.